The first-order valence-corrected chi connectivity index (χ1v) is 10.4. The van der Waals surface area contributed by atoms with Crippen LogP contribution in [0.5, 0.6) is 0 Å². The minimum absolute atomic E-state index is 0.189. The molecule has 27 heavy (non-hydrogen) atoms. The van der Waals surface area contributed by atoms with E-state index in [9.17, 15) is 13.2 Å². The van der Waals surface area contributed by atoms with Crippen molar-refractivity contribution in [3.8, 4) is 0 Å². The van der Waals surface area contributed by atoms with Gasteiger partial charge >= 0.3 is 5.97 Å². The third-order valence-electron chi connectivity index (χ3n) is 4.54. The fourth-order valence-electron chi connectivity index (χ4n) is 3.32. The van der Waals surface area contributed by atoms with Gasteiger partial charge < -0.3 is 4.74 Å². The van der Waals surface area contributed by atoms with Crippen molar-refractivity contribution in [2.24, 2.45) is 0 Å². The van der Waals surface area contributed by atoms with Gasteiger partial charge in [0.15, 0.2) is 0 Å². The number of benzene rings is 2. The fourth-order valence-corrected chi connectivity index (χ4v) is 4.55. The van der Waals surface area contributed by atoms with E-state index in [-0.39, 0.29) is 18.1 Å². The van der Waals surface area contributed by atoms with E-state index in [2.05, 4.69) is 0 Å². The Morgan fingerprint density at radius 1 is 1.04 bits per heavy atom. The lowest BCUT2D eigenvalue weighted by atomic mass is 10.2. The van der Waals surface area contributed by atoms with E-state index in [0.29, 0.717) is 18.7 Å². The van der Waals surface area contributed by atoms with Crippen LogP contribution in [-0.4, -0.2) is 45.1 Å². The molecule has 0 saturated carbocycles. The molecule has 0 bridgehead atoms. The van der Waals surface area contributed by atoms with Crippen molar-refractivity contribution in [1.29, 1.82) is 0 Å². The Kier molecular flexibility index (Phi) is 6.26. The molecular formula is C20H23NO5S. The largest absolute Gasteiger partial charge is 0.468 e. The quantitative estimate of drug-likeness (QED) is 0.535. The van der Waals surface area contributed by atoms with Crippen LogP contribution >= 0.6 is 0 Å². The van der Waals surface area contributed by atoms with E-state index in [1.807, 2.05) is 41.3 Å². The summed E-state index contributed by atoms with van der Waals surface area (Å²) in [5, 5.41) is 0. The predicted octanol–water partition coefficient (Wildman–Crippen LogP) is 2.35. The number of hydrogen-bond acceptors (Lipinski definition) is 6. The number of esters is 1. The summed E-state index contributed by atoms with van der Waals surface area (Å²) >= 11 is 0. The van der Waals surface area contributed by atoms with Crippen molar-refractivity contribution in [2.75, 3.05) is 13.7 Å². The molecule has 2 atom stereocenters. The van der Waals surface area contributed by atoms with Gasteiger partial charge in [0.1, 0.15) is 11.8 Å². The summed E-state index contributed by atoms with van der Waals surface area (Å²) in [6.07, 6.45) is -0.292. The van der Waals surface area contributed by atoms with E-state index in [1.165, 1.54) is 7.11 Å². The van der Waals surface area contributed by atoms with Crippen molar-refractivity contribution < 1.29 is 22.1 Å². The molecule has 0 aliphatic carbocycles. The normalized spacial score (nSPS) is 20.5. The van der Waals surface area contributed by atoms with Gasteiger partial charge in [-0.1, -0.05) is 60.7 Å². The molecule has 1 heterocycles. The SMILES string of the molecule is COC(=O)[C@@H]1C[C@@H](OS(=O)(=O)Cc2ccccc2)CN1Cc1ccccc1. The molecule has 1 saturated heterocycles. The lowest BCUT2D eigenvalue weighted by Gasteiger charge is -2.21. The molecule has 2 aromatic carbocycles. The number of nitrogens with zero attached hydrogens (tertiary/aromatic N) is 1. The summed E-state index contributed by atoms with van der Waals surface area (Å²) in [4.78, 5) is 14.1. The number of likely N-dealkylation sites (tertiary alicyclic amines) is 1. The number of methoxy groups -OCH3 is 1. The molecule has 3 rings (SSSR count). The molecule has 0 radical (unpaired) electrons. The van der Waals surface area contributed by atoms with Crippen LogP contribution in [0.2, 0.25) is 0 Å². The smallest absolute Gasteiger partial charge is 0.323 e. The van der Waals surface area contributed by atoms with Gasteiger partial charge in [0, 0.05) is 19.5 Å². The van der Waals surface area contributed by atoms with Crippen molar-refractivity contribution in [3.05, 3.63) is 71.8 Å². The topological polar surface area (TPSA) is 72.9 Å². The maximum absolute atomic E-state index is 12.4. The van der Waals surface area contributed by atoms with E-state index in [1.54, 1.807) is 24.3 Å². The molecule has 0 spiro atoms. The lowest BCUT2D eigenvalue weighted by Crippen LogP contribution is -2.36. The first kappa shape index (κ1) is 19.5. The number of ether oxygens (including phenoxy) is 1. The Hall–Kier alpha value is -2.22. The Balaban J connectivity index is 1.68. The zero-order valence-corrected chi connectivity index (χ0v) is 16.0. The predicted molar refractivity (Wildman–Crippen MR) is 101 cm³/mol. The molecule has 0 unspecified atom stereocenters. The average molecular weight is 389 g/mol. The highest BCUT2D eigenvalue weighted by Crippen LogP contribution is 2.25. The third-order valence-corrected chi connectivity index (χ3v) is 5.79. The summed E-state index contributed by atoms with van der Waals surface area (Å²) in [5.74, 6) is -0.566. The van der Waals surface area contributed by atoms with Gasteiger partial charge in [0.25, 0.3) is 10.1 Å². The van der Waals surface area contributed by atoms with E-state index < -0.39 is 22.3 Å². The highest BCUT2D eigenvalue weighted by molar-refractivity contribution is 7.85. The average Bonchev–Trinajstić information content (AvgIpc) is 3.03. The monoisotopic (exact) mass is 389 g/mol. The molecule has 1 fully saturated rings. The first-order valence-electron chi connectivity index (χ1n) is 8.77. The molecule has 1 aliphatic rings. The van der Waals surface area contributed by atoms with Gasteiger partial charge in [0.05, 0.1) is 13.2 Å². The summed E-state index contributed by atoms with van der Waals surface area (Å²) < 4.78 is 35.1. The Bertz CT molecular complexity index is 854. The van der Waals surface area contributed by atoms with Crippen LogP contribution in [-0.2, 0) is 36.1 Å². The van der Waals surface area contributed by atoms with Crippen LogP contribution in [0.25, 0.3) is 0 Å². The molecular weight excluding hydrogens is 366 g/mol. The van der Waals surface area contributed by atoms with E-state index >= 15 is 0 Å². The van der Waals surface area contributed by atoms with Crippen molar-refractivity contribution in [3.63, 3.8) is 0 Å². The van der Waals surface area contributed by atoms with Crippen molar-refractivity contribution in [2.45, 2.75) is 30.9 Å². The maximum atomic E-state index is 12.4. The lowest BCUT2D eigenvalue weighted by molar-refractivity contribution is -0.146. The molecule has 2 aromatic rings. The van der Waals surface area contributed by atoms with Gasteiger partial charge in [-0.25, -0.2) is 0 Å². The number of hydrogen-bond donors (Lipinski definition) is 0. The van der Waals surface area contributed by atoms with E-state index in [4.69, 9.17) is 8.92 Å². The second-order valence-electron chi connectivity index (χ2n) is 6.60. The van der Waals surface area contributed by atoms with Crippen LogP contribution in [0.3, 0.4) is 0 Å². The number of rotatable bonds is 7. The maximum Gasteiger partial charge on any atom is 0.323 e. The molecule has 144 valence electrons. The fraction of sp³-hybridized carbons (Fsp3) is 0.350. The molecule has 7 heteroatoms. The number of carbonyl (C=O) groups is 1. The summed E-state index contributed by atoms with van der Waals surface area (Å²) in [5.41, 5.74) is 1.71. The Labute approximate surface area is 159 Å². The zero-order chi connectivity index (χ0) is 19.3. The van der Waals surface area contributed by atoms with Gasteiger partial charge in [-0.15, -0.1) is 0 Å². The van der Waals surface area contributed by atoms with Crippen LogP contribution in [0.4, 0.5) is 0 Å². The minimum Gasteiger partial charge on any atom is -0.468 e. The highest BCUT2D eigenvalue weighted by Gasteiger charge is 2.40. The number of carbonyl (C=O) groups excluding carboxylic acids is 1. The van der Waals surface area contributed by atoms with Crippen molar-refractivity contribution in [1.82, 2.24) is 4.90 Å². The van der Waals surface area contributed by atoms with Crippen LogP contribution in [0.15, 0.2) is 60.7 Å². The molecule has 1 aliphatic heterocycles. The molecule has 6 nitrogen and oxygen atoms in total. The summed E-state index contributed by atoms with van der Waals surface area (Å²) in [7, 11) is -2.41. The summed E-state index contributed by atoms with van der Waals surface area (Å²) in [6, 6.07) is 18.1. The molecule has 0 amide bonds. The second kappa shape index (κ2) is 8.65. The zero-order valence-electron chi connectivity index (χ0n) is 15.2. The van der Waals surface area contributed by atoms with Gasteiger partial charge in [-0.3, -0.25) is 13.9 Å². The Morgan fingerprint density at radius 3 is 2.22 bits per heavy atom. The minimum atomic E-state index is -3.75. The van der Waals surface area contributed by atoms with Crippen LogP contribution < -0.4 is 0 Å². The summed E-state index contributed by atoms with van der Waals surface area (Å²) in [6.45, 7) is 0.877. The van der Waals surface area contributed by atoms with Gasteiger partial charge in [-0.2, -0.15) is 8.42 Å². The molecule has 0 N–H and O–H groups in total. The van der Waals surface area contributed by atoms with Crippen LogP contribution in [0, 0.1) is 0 Å². The van der Waals surface area contributed by atoms with E-state index in [0.717, 1.165) is 5.56 Å². The Morgan fingerprint density at radius 2 is 1.63 bits per heavy atom. The van der Waals surface area contributed by atoms with Crippen molar-refractivity contribution >= 4 is 16.1 Å². The van der Waals surface area contributed by atoms with Crippen LogP contribution in [0.1, 0.15) is 17.5 Å². The first-order chi connectivity index (χ1) is 13.0. The molecule has 0 aromatic heterocycles. The highest BCUT2D eigenvalue weighted by atomic mass is 32.2. The van der Waals surface area contributed by atoms with Gasteiger partial charge in [-0.05, 0) is 11.1 Å². The standard InChI is InChI=1S/C20H23NO5S/c1-25-20(22)19-12-18(14-21(19)13-16-8-4-2-5-9-16)26-27(23,24)15-17-10-6-3-7-11-17/h2-11,18-19H,12-15H2,1H3/t18-,19+/m1/s1. The van der Waals surface area contributed by atoms with Gasteiger partial charge in [0.2, 0.25) is 0 Å². The second-order valence-corrected chi connectivity index (χ2v) is 8.19. The third kappa shape index (κ3) is 5.38.